The highest BCUT2D eigenvalue weighted by Crippen LogP contribution is 2.24. The smallest absolute Gasteiger partial charge is 0.127 e. The fraction of sp³-hybridized carbons (Fsp3) is 0.120. The predicted molar refractivity (Wildman–Crippen MR) is 113 cm³/mol. The highest BCUT2D eigenvalue weighted by molar-refractivity contribution is 5.76. The van der Waals surface area contributed by atoms with E-state index in [-0.39, 0.29) is 0 Å². The molecule has 0 heterocycles. The lowest BCUT2D eigenvalue weighted by molar-refractivity contribution is 0.317. The van der Waals surface area contributed by atoms with E-state index < -0.39 is 0 Å². The minimum atomic E-state index is 0.720. The third kappa shape index (κ3) is 5.22. The fourth-order valence-corrected chi connectivity index (χ4v) is 2.64. The first-order valence-electron chi connectivity index (χ1n) is 9.08. The SMILES string of the molecule is CCCOc1cc(/C=C/c2ccccc2)ccc1/C=C/c1ccccc1. The summed E-state index contributed by atoms with van der Waals surface area (Å²) in [6.07, 6.45) is 9.47. The molecule has 1 nitrogen and oxygen atoms in total. The molecule has 0 spiro atoms. The van der Waals surface area contributed by atoms with E-state index in [4.69, 9.17) is 4.74 Å². The van der Waals surface area contributed by atoms with Gasteiger partial charge in [-0.15, -0.1) is 0 Å². The number of ether oxygens (including phenoxy) is 1. The van der Waals surface area contributed by atoms with Gasteiger partial charge in [0.1, 0.15) is 5.75 Å². The van der Waals surface area contributed by atoms with Crippen molar-refractivity contribution in [3.8, 4) is 5.75 Å². The van der Waals surface area contributed by atoms with Crippen molar-refractivity contribution in [3.63, 3.8) is 0 Å². The highest BCUT2D eigenvalue weighted by atomic mass is 16.5. The van der Waals surface area contributed by atoms with Gasteiger partial charge in [0, 0.05) is 5.56 Å². The average Bonchev–Trinajstić information content (AvgIpc) is 2.71. The Labute approximate surface area is 156 Å². The van der Waals surface area contributed by atoms with Crippen LogP contribution in [0.1, 0.15) is 35.6 Å². The molecule has 0 saturated heterocycles. The first-order chi connectivity index (χ1) is 12.8. The van der Waals surface area contributed by atoms with E-state index in [1.165, 1.54) is 11.1 Å². The third-order valence-electron chi connectivity index (χ3n) is 4.02. The summed E-state index contributed by atoms with van der Waals surface area (Å²) in [5.41, 5.74) is 4.61. The molecule has 0 radical (unpaired) electrons. The van der Waals surface area contributed by atoms with Gasteiger partial charge in [0.25, 0.3) is 0 Å². The molecule has 3 rings (SSSR count). The molecule has 0 amide bonds. The zero-order chi connectivity index (χ0) is 18.0. The van der Waals surface area contributed by atoms with Crippen molar-refractivity contribution in [1.82, 2.24) is 0 Å². The van der Waals surface area contributed by atoms with Gasteiger partial charge >= 0.3 is 0 Å². The maximum atomic E-state index is 5.98. The quantitative estimate of drug-likeness (QED) is 0.429. The van der Waals surface area contributed by atoms with Crippen molar-refractivity contribution in [3.05, 3.63) is 101 Å². The van der Waals surface area contributed by atoms with Crippen molar-refractivity contribution in [2.45, 2.75) is 13.3 Å². The zero-order valence-electron chi connectivity index (χ0n) is 15.1. The van der Waals surface area contributed by atoms with Crippen LogP contribution in [-0.2, 0) is 0 Å². The van der Waals surface area contributed by atoms with Crippen LogP contribution in [0, 0.1) is 0 Å². The van der Waals surface area contributed by atoms with Gasteiger partial charge in [-0.25, -0.2) is 0 Å². The van der Waals surface area contributed by atoms with Crippen LogP contribution in [0.2, 0.25) is 0 Å². The maximum absolute atomic E-state index is 5.98. The molecule has 3 aromatic carbocycles. The predicted octanol–water partition coefficient (Wildman–Crippen LogP) is 6.82. The molecule has 0 aliphatic carbocycles. The van der Waals surface area contributed by atoms with E-state index in [0.717, 1.165) is 29.9 Å². The minimum absolute atomic E-state index is 0.720. The van der Waals surface area contributed by atoms with Crippen LogP contribution in [0.5, 0.6) is 5.75 Å². The molecular weight excluding hydrogens is 316 g/mol. The fourth-order valence-electron chi connectivity index (χ4n) is 2.64. The van der Waals surface area contributed by atoms with E-state index >= 15 is 0 Å². The van der Waals surface area contributed by atoms with Gasteiger partial charge in [-0.2, -0.15) is 0 Å². The van der Waals surface area contributed by atoms with Crippen molar-refractivity contribution < 1.29 is 4.74 Å². The van der Waals surface area contributed by atoms with Crippen LogP contribution in [0.4, 0.5) is 0 Å². The molecule has 0 bridgehead atoms. The van der Waals surface area contributed by atoms with Crippen LogP contribution >= 0.6 is 0 Å². The molecule has 0 unspecified atom stereocenters. The Morgan fingerprint density at radius 2 is 1.23 bits per heavy atom. The van der Waals surface area contributed by atoms with Crippen molar-refractivity contribution in [2.75, 3.05) is 6.61 Å². The lowest BCUT2D eigenvalue weighted by atomic mass is 10.1. The van der Waals surface area contributed by atoms with Crippen LogP contribution in [0.3, 0.4) is 0 Å². The van der Waals surface area contributed by atoms with Crippen LogP contribution < -0.4 is 4.74 Å². The molecule has 0 fully saturated rings. The highest BCUT2D eigenvalue weighted by Gasteiger charge is 2.02. The second-order valence-electron chi connectivity index (χ2n) is 6.13. The van der Waals surface area contributed by atoms with E-state index in [2.05, 4.69) is 73.7 Å². The standard InChI is InChI=1S/C25H24O/c1-2-19-26-25-20-23(14-13-21-9-5-3-6-10-21)16-18-24(25)17-15-22-11-7-4-8-12-22/h3-18,20H,2,19H2,1H3/b14-13+,17-15+. The van der Waals surface area contributed by atoms with Gasteiger partial charge in [0.2, 0.25) is 0 Å². The monoisotopic (exact) mass is 340 g/mol. The van der Waals surface area contributed by atoms with Crippen LogP contribution in [0.15, 0.2) is 78.9 Å². The Morgan fingerprint density at radius 3 is 1.85 bits per heavy atom. The summed E-state index contributed by atoms with van der Waals surface area (Å²) < 4.78 is 5.98. The Bertz CT molecular complexity index is 861. The second-order valence-corrected chi connectivity index (χ2v) is 6.13. The van der Waals surface area contributed by atoms with Crippen molar-refractivity contribution >= 4 is 24.3 Å². The van der Waals surface area contributed by atoms with Crippen LogP contribution in [0.25, 0.3) is 24.3 Å². The molecule has 0 aromatic heterocycles. The van der Waals surface area contributed by atoms with E-state index in [9.17, 15) is 0 Å². The largest absolute Gasteiger partial charge is 0.493 e. The first-order valence-corrected chi connectivity index (χ1v) is 9.08. The normalized spacial score (nSPS) is 11.3. The minimum Gasteiger partial charge on any atom is -0.493 e. The maximum Gasteiger partial charge on any atom is 0.127 e. The molecule has 3 aromatic rings. The molecule has 26 heavy (non-hydrogen) atoms. The summed E-state index contributed by atoms with van der Waals surface area (Å²) in [5, 5.41) is 0. The Kier molecular flexibility index (Phi) is 6.44. The van der Waals surface area contributed by atoms with Gasteiger partial charge < -0.3 is 4.74 Å². The number of hydrogen-bond acceptors (Lipinski definition) is 1. The van der Waals surface area contributed by atoms with Crippen molar-refractivity contribution in [2.24, 2.45) is 0 Å². The van der Waals surface area contributed by atoms with Crippen molar-refractivity contribution in [1.29, 1.82) is 0 Å². The van der Waals surface area contributed by atoms with Gasteiger partial charge in [0.15, 0.2) is 0 Å². The molecule has 0 atom stereocenters. The zero-order valence-corrected chi connectivity index (χ0v) is 15.1. The third-order valence-corrected chi connectivity index (χ3v) is 4.02. The molecule has 0 aliphatic heterocycles. The Balaban J connectivity index is 1.83. The number of benzene rings is 3. The summed E-state index contributed by atoms with van der Waals surface area (Å²) in [5.74, 6) is 0.925. The lowest BCUT2D eigenvalue weighted by Crippen LogP contribution is -1.97. The summed E-state index contributed by atoms with van der Waals surface area (Å²) >= 11 is 0. The summed E-state index contributed by atoms with van der Waals surface area (Å²) in [4.78, 5) is 0. The van der Waals surface area contributed by atoms with Gasteiger partial charge in [-0.05, 0) is 29.2 Å². The summed E-state index contributed by atoms with van der Waals surface area (Å²) in [7, 11) is 0. The van der Waals surface area contributed by atoms with Gasteiger partial charge in [-0.3, -0.25) is 0 Å². The molecule has 0 aliphatic rings. The van der Waals surface area contributed by atoms with Gasteiger partial charge in [-0.1, -0.05) is 104 Å². The first kappa shape index (κ1) is 17.8. The molecular formula is C25H24O. The second kappa shape index (κ2) is 9.43. The lowest BCUT2D eigenvalue weighted by Gasteiger charge is -2.09. The number of rotatable bonds is 7. The van der Waals surface area contributed by atoms with E-state index in [1.807, 2.05) is 36.4 Å². The molecule has 0 saturated carbocycles. The average molecular weight is 340 g/mol. The van der Waals surface area contributed by atoms with Crippen LogP contribution in [-0.4, -0.2) is 6.61 Å². The summed E-state index contributed by atoms with van der Waals surface area (Å²) in [6, 6.07) is 27.0. The Hall–Kier alpha value is -3.06. The number of hydrogen-bond donors (Lipinski definition) is 0. The molecule has 130 valence electrons. The molecule has 1 heteroatoms. The molecule has 0 N–H and O–H groups in total. The summed E-state index contributed by atoms with van der Waals surface area (Å²) in [6.45, 7) is 2.84. The van der Waals surface area contributed by atoms with Gasteiger partial charge in [0.05, 0.1) is 6.61 Å². The van der Waals surface area contributed by atoms with E-state index in [0.29, 0.717) is 0 Å². The van der Waals surface area contributed by atoms with E-state index in [1.54, 1.807) is 0 Å². The Morgan fingerprint density at radius 1 is 0.654 bits per heavy atom. The topological polar surface area (TPSA) is 9.23 Å².